The first kappa shape index (κ1) is 14.2. The maximum absolute atomic E-state index is 14.0. The van der Waals surface area contributed by atoms with E-state index in [4.69, 9.17) is 11.5 Å². The highest BCUT2D eigenvalue weighted by atomic mass is 19.1. The number of nitrogens with two attached hydrogens (primary N) is 2. The van der Waals surface area contributed by atoms with Crippen LogP contribution in [0.1, 0.15) is 5.56 Å². The molecule has 0 spiro atoms. The lowest BCUT2D eigenvalue weighted by Crippen LogP contribution is -2.03. The highest BCUT2D eigenvalue weighted by Gasteiger charge is 2.14. The zero-order valence-electron chi connectivity index (χ0n) is 11.9. The van der Waals surface area contributed by atoms with Crippen molar-refractivity contribution < 1.29 is 4.39 Å². The van der Waals surface area contributed by atoms with Crippen LogP contribution in [0.4, 0.5) is 10.1 Å². The van der Waals surface area contributed by atoms with Gasteiger partial charge in [0.05, 0.1) is 11.4 Å². The largest absolute Gasteiger partial charge is 0.396 e. The average Bonchev–Trinajstić information content (AvgIpc) is 2.56. The third-order valence-corrected chi connectivity index (χ3v) is 3.59. The molecule has 4 heteroatoms. The number of nitrogens with zero attached hydrogens (tertiary/aromatic N) is 1. The van der Waals surface area contributed by atoms with Crippen molar-refractivity contribution in [2.45, 2.75) is 6.54 Å². The lowest BCUT2D eigenvalue weighted by molar-refractivity contribution is 0.631. The number of hydrogen-bond acceptors (Lipinski definition) is 3. The molecule has 0 saturated carbocycles. The van der Waals surface area contributed by atoms with Crippen molar-refractivity contribution in [3.05, 3.63) is 72.2 Å². The summed E-state index contributed by atoms with van der Waals surface area (Å²) in [6.07, 6.45) is 1.63. The van der Waals surface area contributed by atoms with Crippen LogP contribution in [0.25, 0.3) is 22.4 Å². The van der Waals surface area contributed by atoms with Crippen molar-refractivity contribution in [2.75, 3.05) is 5.73 Å². The van der Waals surface area contributed by atoms with Crippen LogP contribution in [0, 0.1) is 11.9 Å². The van der Waals surface area contributed by atoms with Gasteiger partial charge in [0.15, 0.2) is 0 Å². The van der Waals surface area contributed by atoms with E-state index < -0.39 is 0 Å². The Labute approximate surface area is 128 Å². The Bertz CT molecular complexity index is 815. The van der Waals surface area contributed by atoms with Crippen molar-refractivity contribution in [3.8, 4) is 22.4 Å². The number of halogens is 1. The molecule has 0 atom stereocenters. The lowest BCUT2D eigenvalue weighted by atomic mass is 9.98. The topological polar surface area (TPSA) is 64.9 Å². The van der Waals surface area contributed by atoms with Crippen LogP contribution in [0.15, 0.2) is 54.7 Å². The van der Waals surface area contributed by atoms with Gasteiger partial charge >= 0.3 is 0 Å². The predicted octanol–water partition coefficient (Wildman–Crippen LogP) is 3.40. The summed E-state index contributed by atoms with van der Waals surface area (Å²) in [5.74, 6) is -0.363. The molecular formula is C18H15FN3. The van der Waals surface area contributed by atoms with Crippen molar-refractivity contribution in [1.29, 1.82) is 0 Å². The number of anilines is 1. The molecule has 0 unspecified atom stereocenters. The van der Waals surface area contributed by atoms with E-state index in [1.165, 1.54) is 6.07 Å². The first-order chi connectivity index (χ1) is 10.7. The summed E-state index contributed by atoms with van der Waals surface area (Å²) in [7, 11) is 0. The SMILES string of the molecule is NCc1ccccc1-c1nccc(-c2cc[c]cc2F)c1N. The molecule has 4 N–H and O–H groups in total. The van der Waals surface area contributed by atoms with Gasteiger partial charge in [0.1, 0.15) is 5.82 Å². The smallest absolute Gasteiger partial charge is 0.131 e. The van der Waals surface area contributed by atoms with E-state index in [1.54, 1.807) is 24.4 Å². The van der Waals surface area contributed by atoms with Gasteiger partial charge in [0.25, 0.3) is 0 Å². The molecule has 2 aromatic carbocycles. The Morgan fingerprint density at radius 3 is 2.64 bits per heavy atom. The summed E-state index contributed by atoms with van der Waals surface area (Å²) in [6, 6.07) is 16.7. The van der Waals surface area contributed by atoms with E-state index in [-0.39, 0.29) is 5.82 Å². The minimum atomic E-state index is -0.363. The fourth-order valence-corrected chi connectivity index (χ4v) is 2.48. The zero-order valence-corrected chi connectivity index (χ0v) is 11.9. The minimum Gasteiger partial charge on any atom is -0.396 e. The summed E-state index contributed by atoms with van der Waals surface area (Å²) >= 11 is 0. The van der Waals surface area contributed by atoms with Crippen molar-refractivity contribution in [2.24, 2.45) is 5.73 Å². The number of aromatic nitrogens is 1. The summed E-state index contributed by atoms with van der Waals surface area (Å²) in [6.45, 7) is 0.385. The molecule has 3 rings (SSSR count). The molecule has 0 fully saturated rings. The molecule has 0 aliphatic rings. The van der Waals surface area contributed by atoms with Gasteiger partial charge in [-0.05, 0) is 23.8 Å². The molecular weight excluding hydrogens is 277 g/mol. The van der Waals surface area contributed by atoms with Crippen LogP contribution in [0.5, 0.6) is 0 Å². The molecule has 0 bridgehead atoms. The molecule has 1 heterocycles. The average molecular weight is 292 g/mol. The van der Waals surface area contributed by atoms with Gasteiger partial charge in [-0.3, -0.25) is 4.98 Å². The van der Waals surface area contributed by atoms with Crippen LogP contribution < -0.4 is 11.5 Å². The third-order valence-electron chi connectivity index (χ3n) is 3.59. The normalized spacial score (nSPS) is 10.6. The van der Waals surface area contributed by atoms with Crippen molar-refractivity contribution >= 4 is 5.69 Å². The molecule has 0 aliphatic carbocycles. The number of benzene rings is 2. The summed E-state index contributed by atoms with van der Waals surface area (Å²) in [5.41, 5.74) is 16.0. The maximum Gasteiger partial charge on any atom is 0.131 e. The number of rotatable bonds is 3. The fraction of sp³-hybridized carbons (Fsp3) is 0.0556. The van der Waals surface area contributed by atoms with E-state index in [1.807, 2.05) is 24.3 Å². The van der Waals surface area contributed by atoms with Crippen LogP contribution in [-0.4, -0.2) is 4.98 Å². The van der Waals surface area contributed by atoms with Crippen LogP contribution in [0.3, 0.4) is 0 Å². The van der Waals surface area contributed by atoms with Gasteiger partial charge in [0.2, 0.25) is 0 Å². The molecule has 22 heavy (non-hydrogen) atoms. The van der Waals surface area contributed by atoms with Crippen LogP contribution in [0.2, 0.25) is 0 Å². The second-order valence-electron chi connectivity index (χ2n) is 4.89. The highest BCUT2D eigenvalue weighted by Crippen LogP contribution is 2.35. The third kappa shape index (κ3) is 2.44. The molecule has 109 valence electrons. The summed E-state index contributed by atoms with van der Waals surface area (Å²) < 4.78 is 14.0. The molecule has 3 aromatic rings. The molecule has 0 amide bonds. The van der Waals surface area contributed by atoms with E-state index in [0.717, 1.165) is 11.1 Å². The Hall–Kier alpha value is -2.72. The lowest BCUT2D eigenvalue weighted by Gasteiger charge is -2.13. The Kier molecular flexibility index (Phi) is 3.85. The van der Waals surface area contributed by atoms with E-state index in [0.29, 0.717) is 29.1 Å². The summed E-state index contributed by atoms with van der Waals surface area (Å²) in [5, 5.41) is 0. The van der Waals surface area contributed by atoms with E-state index >= 15 is 0 Å². The van der Waals surface area contributed by atoms with Crippen molar-refractivity contribution in [1.82, 2.24) is 4.98 Å². The maximum atomic E-state index is 14.0. The molecule has 0 aliphatic heterocycles. The number of hydrogen-bond donors (Lipinski definition) is 2. The quantitative estimate of drug-likeness (QED) is 0.777. The van der Waals surface area contributed by atoms with Gasteiger partial charge in [-0.15, -0.1) is 0 Å². The van der Waals surface area contributed by atoms with E-state index in [2.05, 4.69) is 11.1 Å². The van der Waals surface area contributed by atoms with Crippen molar-refractivity contribution in [3.63, 3.8) is 0 Å². The summed E-state index contributed by atoms with van der Waals surface area (Å²) in [4.78, 5) is 4.36. The molecule has 3 nitrogen and oxygen atoms in total. The second kappa shape index (κ2) is 5.95. The van der Waals surface area contributed by atoms with Gasteiger partial charge in [-0.2, -0.15) is 0 Å². The van der Waals surface area contributed by atoms with Gasteiger partial charge in [-0.25, -0.2) is 4.39 Å². The fourth-order valence-electron chi connectivity index (χ4n) is 2.48. The zero-order chi connectivity index (χ0) is 15.5. The minimum absolute atomic E-state index is 0.363. The van der Waals surface area contributed by atoms with Gasteiger partial charge in [0, 0.05) is 29.4 Å². The van der Waals surface area contributed by atoms with Gasteiger partial charge < -0.3 is 11.5 Å². The number of nitrogen functional groups attached to an aromatic ring is 1. The van der Waals surface area contributed by atoms with Crippen LogP contribution in [-0.2, 0) is 6.54 Å². The first-order valence-corrected chi connectivity index (χ1v) is 6.91. The van der Waals surface area contributed by atoms with Gasteiger partial charge in [-0.1, -0.05) is 36.4 Å². The number of pyridine rings is 1. The standard InChI is InChI=1S/C18H15FN3/c19-16-8-4-3-7-14(16)15-9-10-22-18(17(15)21)13-6-2-1-5-12(13)11-20/h1-3,5-10H,11,20-21H2. The Balaban J connectivity index is 2.20. The second-order valence-corrected chi connectivity index (χ2v) is 4.89. The monoisotopic (exact) mass is 292 g/mol. The van der Waals surface area contributed by atoms with Crippen LogP contribution >= 0.6 is 0 Å². The Morgan fingerprint density at radius 2 is 1.86 bits per heavy atom. The molecule has 1 aromatic heterocycles. The first-order valence-electron chi connectivity index (χ1n) is 6.91. The molecule has 0 saturated heterocycles. The predicted molar refractivity (Wildman–Crippen MR) is 86.2 cm³/mol. The highest BCUT2D eigenvalue weighted by molar-refractivity contribution is 5.87. The molecule has 1 radical (unpaired) electrons. The Morgan fingerprint density at radius 1 is 1.05 bits per heavy atom. The van der Waals surface area contributed by atoms with E-state index in [9.17, 15) is 4.39 Å².